The molecule has 0 aliphatic heterocycles. The van der Waals surface area contributed by atoms with Crippen molar-refractivity contribution in [2.75, 3.05) is 26.1 Å². The van der Waals surface area contributed by atoms with Gasteiger partial charge in [0.05, 0.1) is 0 Å². The molecule has 0 fully saturated rings. The van der Waals surface area contributed by atoms with E-state index in [1.807, 2.05) is 13.8 Å². The Bertz CT molecular complexity index is 94.9. The van der Waals surface area contributed by atoms with Crippen molar-refractivity contribution >= 4 is 9.52 Å². The molecule has 0 spiro atoms. The van der Waals surface area contributed by atoms with Crippen LogP contribution in [0.3, 0.4) is 0 Å². The molecule has 0 atom stereocenters. The Morgan fingerprint density at radius 3 is 2.15 bits per heavy atom. The molecular weight excluding hydrogens is 184 g/mol. The maximum Gasteiger partial charge on any atom is 0.137 e. The van der Waals surface area contributed by atoms with Crippen LogP contribution in [0.2, 0.25) is 0 Å². The quantitative estimate of drug-likeness (QED) is 0.319. The lowest BCUT2D eigenvalue weighted by molar-refractivity contribution is -0.0843. The third-order valence-electron chi connectivity index (χ3n) is 1.55. The summed E-state index contributed by atoms with van der Waals surface area (Å²) in [5.74, 6) is 0.0480. The van der Waals surface area contributed by atoms with Crippen LogP contribution >= 0.6 is 0 Å². The molecule has 0 aromatic rings. The first kappa shape index (κ1) is 13.1. The summed E-state index contributed by atoms with van der Waals surface area (Å²) < 4.78 is 16.3. The molecule has 0 radical (unpaired) electrons. The van der Waals surface area contributed by atoms with Gasteiger partial charge in [-0.25, -0.2) is 0 Å². The van der Waals surface area contributed by atoms with Gasteiger partial charge in [0, 0.05) is 26.1 Å². The Labute approximate surface area is 83.6 Å². The van der Waals surface area contributed by atoms with Gasteiger partial charge in [-0.2, -0.15) is 0 Å². The maximum absolute atomic E-state index is 5.42. The second-order valence-corrected chi connectivity index (χ2v) is 4.39. The van der Waals surface area contributed by atoms with E-state index in [9.17, 15) is 0 Å². The number of ether oxygens (including phenoxy) is 3. The van der Waals surface area contributed by atoms with Crippen LogP contribution in [0.25, 0.3) is 0 Å². The van der Waals surface area contributed by atoms with E-state index in [0.717, 1.165) is 32.5 Å². The van der Waals surface area contributed by atoms with Crippen molar-refractivity contribution in [1.29, 1.82) is 0 Å². The molecule has 0 saturated carbocycles. The zero-order valence-electron chi connectivity index (χ0n) is 9.04. The first-order chi connectivity index (χ1) is 6.35. The molecule has 0 aliphatic rings. The minimum absolute atomic E-state index is 0.0480. The predicted octanol–water partition coefficient (Wildman–Crippen LogP) is 0.896. The van der Waals surface area contributed by atoms with Gasteiger partial charge in [0.1, 0.15) is 15.4 Å². The van der Waals surface area contributed by atoms with Gasteiger partial charge in [0.2, 0.25) is 0 Å². The third kappa shape index (κ3) is 8.43. The summed E-state index contributed by atoms with van der Waals surface area (Å²) in [6.45, 7) is 8.42. The normalized spacial score (nSPS) is 12.0. The highest BCUT2D eigenvalue weighted by atomic mass is 28.2. The maximum atomic E-state index is 5.42. The van der Waals surface area contributed by atoms with E-state index >= 15 is 0 Å². The summed E-state index contributed by atoms with van der Waals surface area (Å²) in [6.07, 6.45) is 1.95. The van der Waals surface area contributed by atoms with Crippen LogP contribution in [-0.2, 0) is 14.2 Å². The molecule has 0 saturated heterocycles. The van der Waals surface area contributed by atoms with Crippen molar-refractivity contribution in [3.63, 3.8) is 0 Å². The summed E-state index contributed by atoms with van der Waals surface area (Å²) in [5, 5.41) is 0. The average Bonchev–Trinajstić information content (AvgIpc) is 2.13. The van der Waals surface area contributed by atoms with Crippen molar-refractivity contribution in [1.82, 2.24) is 0 Å². The Morgan fingerprint density at radius 1 is 1.08 bits per heavy atom. The van der Waals surface area contributed by atoms with Gasteiger partial charge >= 0.3 is 0 Å². The van der Waals surface area contributed by atoms with Gasteiger partial charge in [-0.15, -0.1) is 0 Å². The second-order valence-electron chi connectivity index (χ2n) is 2.74. The predicted molar refractivity (Wildman–Crippen MR) is 56.7 cm³/mol. The van der Waals surface area contributed by atoms with Crippen LogP contribution in [0.5, 0.6) is 0 Å². The van der Waals surface area contributed by atoms with Crippen LogP contribution in [0, 0.1) is 0 Å². The molecule has 0 amide bonds. The summed E-state index contributed by atoms with van der Waals surface area (Å²) in [7, 11) is -0.384. The van der Waals surface area contributed by atoms with Crippen molar-refractivity contribution in [2.45, 2.75) is 33.1 Å². The SMILES string of the molecule is CCCOC[SiH2]C(OCC)OCC. The number of rotatable bonds is 9. The molecule has 4 heteroatoms. The second kappa shape index (κ2) is 10.2. The molecule has 13 heavy (non-hydrogen) atoms. The van der Waals surface area contributed by atoms with Crippen molar-refractivity contribution in [2.24, 2.45) is 0 Å². The lowest BCUT2D eigenvalue weighted by Gasteiger charge is -2.16. The zero-order chi connectivity index (χ0) is 9.94. The molecular formula is C9H22O3Si. The Morgan fingerprint density at radius 2 is 1.69 bits per heavy atom. The molecule has 0 aromatic heterocycles. The van der Waals surface area contributed by atoms with Crippen molar-refractivity contribution < 1.29 is 14.2 Å². The molecule has 3 nitrogen and oxygen atoms in total. The van der Waals surface area contributed by atoms with Gasteiger partial charge in [-0.3, -0.25) is 0 Å². The highest BCUT2D eigenvalue weighted by Gasteiger charge is 2.07. The van der Waals surface area contributed by atoms with Gasteiger partial charge in [0.25, 0.3) is 0 Å². The van der Waals surface area contributed by atoms with Gasteiger partial charge < -0.3 is 14.2 Å². The third-order valence-corrected chi connectivity index (χ3v) is 3.02. The van der Waals surface area contributed by atoms with Gasteiger partial charge in [-0.05, 0) is 20.3 Å². The van der Waals surface area contributed by atoms with E-state index in [1.54, 1.807) is 0 Å². The van der Waals surface area contributed by atoms with Crippen LogP contribution in [0.15, 0.2) is 0 Å². The summed E-state index contributed by atoms with van der Waals surface area (Å²) >= 11 is 0. The highest BCUT2D eigenvalue weighted by molar-refractivity contribution is 6.36. The zero-order valence-corrected chi connectivity index (χ0v) is 10.5. The summed E-state index contributed by atoms with van der Waals surface area (Å²) in [4.78, 5) is 0. The molecule has 0 bridgehead atoms. The average molecular weight is 206 g/mol. The van der Waals surface area contributed by atoms with E-state index in [0.29, 0.717) is 0 Å². The van der Waals surface area contributed by atoms with Crippen LogP contribution in [0.1, 0.15) is 27.2 Å². The monoisotopic (exact) mass is 206 g/mol. The molecule has 0 heterocycles. The first-order valence-electron chi connectivity index (χ1n) is 5.16. The minimum Gasteiger partial charge on any atom is -0.385 e. The van der Waals surface area contributed by atoms with Gasteiger partial charge in [-0.1, -0.05) is 6.92 Å². The summed E-state index contributed by atoms with van der Waals surface area (Å²) in [6, 6.07) is 0. The van der Waals surface area contributed by atoms with E-state index in [-0.39, 0.29) is 15.4 Å². The van der Waals surface area contributed by atoms with Gasteiger partial charge in [0.15, 0.2) is 0 Å². The van der Waals surface area contributed by atoms with Crippen LogP contribution in [-0.4, -0.2) is 41.5 Å². The highest BCUT2D eigenvalue weighted by Crippen LogP contribution is 1.93. The number of hydrogen-bond donors (Lipinski definition) is 0. The van der Waals surface area contributed by atoms with E-state index < -0.39 is 0 Å². The lowest BCUT2D eigenvalue weighted by Crippen LogP contribution is -2.28. The van der Waals surface area contributed by atoms with Crippen LogP contribution < -0.4 is 0 Å². The van der Waals surface area contributed by atoms with Crippen LogP contribution in [0.4, 0.5) is 0 Å². The topological polar surface area (TPSA) is 27.7 Å². The summed E-state index contributed by atoms with van der Waals surface area (Å²) in [5.41, 5.74) is 0. The molecule has 0 aliphatic carbocycles. The smallest absolute Gasteiger partial charge is 0.137 e. The molecule has 0 rings (SSSR count). The number of hydrogen-bond acceptors (Lipinski definition) is 3. The first-order valence-corrected chi connectivity index (χ1v) is 6.97. The Balaban J connectivity index is 3.33. The van der Waals surface area contributed by atoms with E-state index in [4.69, 9.17) is 14.2 Å². The lowest BCUT2D eigenvalue weighted by atomic mass is 10.5. The molecule has 0 unspecified atom stereocenters. The van der Waals surface area contributed by atoms with Crippen molar-refractivity contribution in [3.8, 4) is 0 Å². The van der Waals surface area contributed by atoms with Crippen molar-refractivity contribution in [3.05, 3.63) is 0 Å². The fraction of sp³-hybridized carbons (Fsp3) is 1.00. The van der Waals surface area contributed by atoms with E-state index in [2.05, 4.69) is 6.92 Å². The largest absolute Gasteiger partial charge is 0.385 e. The molecule has 80 valence electrons. The Kier molecular flexibility index (Phi) is 10.3. The standard InChI is InChI=1S/C9H22O3Si/c1-4-7-10-8-13-9(11-5-2)12-6-3/h9H,4-8,13H2,1-3H3. The minimum atomic E-state index is -0.384. The molecule has 0 aromatic carbocycles. The van der Waals surface area contributed by atoms with E-state index in [1.165, 1.54) is 0 Å². The fourth-order valence-electron chi connectivity index (χ4n) is 1.01. The molecule has 0 N–H and O–H groups in total. The Hall–Kier alpha value is 0.0969. The fourth-order valence-corrected chi connectivity index (χ4v) is 2.38.